The van der Waals surface area contributed by atoms with Crippen LogP contribution in [0.5, 0.6) is 0 Å². The van der Waals surface area contributed by atoms with Crippen molar-refractivity contribution in [3.63, 3.8) is 0 Å². The highest BCUT2D eigenvalue weighted by Crippen LogP contribution is 2.25. The van der Waals surface area contributed by atoms with E-state index in [1.165, 1.54) is 11.3 Å². The Morgan fingerprint density at radius 1 is 1.00 bits per heavy atom. The van der Waals surface area contributed by atoms with Gasteiger partial charge in [-0.3, -0.25) is 10.1 Å². The zero-order valence-corrected chi connectivity index (χ0v) is 17.7. The van der Waals surface area contributed by atoms with Crippen molar-refractivity contribution in [2.24, 2.45) is 5.92 Å². The van der Waals surface area contributed by atoms with Crippen LogP contribution >= 0.6 is 11.3 Å². The summed E-state index contributed by atoms with van der Waals surface area (Å²) in [4.78, 5) is 12.5. The molecule has 0 atom stereocenters. The van der Waals surface area contributed by atoms with Gasteiger partial charge in [-0.25, -0.2) is 0 Å². The van der Waals surface area contributed by atoms with E-state index in [9.17, 15) is 4.79 Å². The average molecular weight is 420 g/mol. The quantitative estimate of drug-likeness (QED) is 0.472. The Balaban J connectivity index is 1.45. The van der Waals surface area contributed by atoms with Crippen molar-refractivity contribution in [1.29, 1.82) is 0 Å². The van der Waals surface area contributed by atoms with Crippen molar-refractivity contribution in [3.8, 4) is 22.9 Å². The van der Waals surface area contributed by atoms with E-state index >= 15 is 0 Å². The van der Waals surface area contributed by atoms with Gasteiger partial charge in [0.2, 0.25) is 16.9 Å². The van der Waals surface area contributed by atoms with Gasteiger partial charge < -0.3 is 4.42 Å². The molecule has 0 saturated carbocycles. The maximum Gasteiger partial charge on any atom is 0.257 e. The Morgan fingerprint density at radius 2 is 1.73 bits per heavy atom. The molecule has 7 nitrogen and oxygen atoms in total. The minimum absolute atomic E-state index is 0.236. The molecular formula is C22H21N5O2S. The summed E-state index contributed by atoms with van der Waals surface area (Å²) in [5, 5.41) is 20.6. The van der Waals surface area contributed by atoms with Gasteiger partial charge in [0.1, 0.15) is 5.01 Å². The van der Waals surface area contributed by atoms with E-state index < -0.39 is 0 Å². The number of carbonyl (C=O) groups is 1. The highest BCUT2D eigenvalue weighted by molar-refractivity contribution is 7.15. The fourth-order valence-electron chi connectivity index (χ4n) is 2.90. The first kappa shape index (κ1) is 19.9. The Hall–Kier alpha value is -3.39. The zero-order valence-electron chi connectivity index (χ0n) is 16.9. The highest BCUT2D eigenvalue weighted by Gasteiger charge is 2.14. The molecule has 4 aromatic rings. The lowest BCUT2D eigenvalue weighted by molar-refractivity contribution is 0.102. The number of hydrogen-bond acceptors (Lipinski definition) is 7. The third-order valence-corrected chi connectivity index (χ3v) is 5.22. The Labute approximate surface area is 178 Å². The molecule has 30 heavy (non-hydrogen) atoms. The molecule has 1 N–H and O–H groups in total. The molecule has 1 amide bonds. The lowest BCUT2D eigenvalue weighted by Gasteiger charge is -2.02. The average Bonchev–Trinajstić information content (AvgIpc) is 3.37. The number of nitrogens with one attached hydrogen (secondary N) is 1. The minimum atomic E-state index is -0.236. The molecule has 0 aliphatic carbocycles. The van der Waals surface area contributed by atoms with Crippen LogP contribution in [0.15, 0.2) is 52.9 Å². The summed E-state index contributed by atoms with van der Waals surface area (Å²) in [6.07, 6.45) is 0.844. The lowest BCUT2D eigenvalue weighted by Crippen LogP contribution is -2.11. The monoisotopic (exact) mass is 419 g/mol. The van der Waals surface area contributed by atoms with Crippen LogP contribution in [0.3, 0.4) is 0 Å². The van der Waals surface area contributed by atoms with Gasteiger partial charge in [0.05, 0.1) is 0 Å². The van der Waals surface area contributed by atoms with Crippen LogP contribution < -0.4 is 5.32 Å². The van der Waals surface area contributed by atoms with E-state index in [-0.39, 0.29) is 5.91 Å². The smallest absolute Gasteiger partial charge is 0.257 e. The molecule has 2 aromatic carbocycles. The SMILES string of the molecule is Cc1cccc(-c2nnc(-c3ccc(C(=O)Nc4nnc(CC(C)C)s4)cc3)o2)c1. The number of carbonyl (C=O) groups excluding carboxylic acids is 1. The van der Waals surface area contributed by atoms with Crippen molar-refractivity contribution in [1.82, 2.24) is 20.4 Å². The number of hydrogen-bond donors (Lipinski definition) is 1. The van der Waals surface area contributed by atoms with Gasteiger partial charge in [0.15, 0.2) is 0 Å². The van der Waals surface area contributed by atoms with Crippen molar-refractivity contribution < 1.29 is 9.21 Å². The van der Waals surface area contributed by atoms with Gasteiger partial charge >= 0.3 is 0 Å². The molecule has 0 spiro atoms. The normalized spacial score (nSPS) is 11.1. The third kappa shape index (κ3) is 4.60. The second-order valence-electron chi connectivity index (χ2n) is 7.41. The molecule has 2 heterocycles. The molecule has 0 radical (unpaired) electrons. The Kier molecular flexibility index (Phi) is 5.67. The summed E-state index contributed by atoms with van der Waals surface area (Å²) >= 11 is 1.40. The minimum Gasteiger partial charge on any atom is -0.416 e. The van der Waals surface area contributed by atoms with Gasteiger partial charge in [-0.2, -0.15) is 0 Å². The summed E-state index contributed by atoms with van der Waals surface area (Å²) in [6.45, 7) is 6.25. The van der Waals surface area contributed by atoms with Crippen molar-refractivity contribution in [2.45, 2.75) is 27.2 Å². The summed E-state index contributed by atoms with van der Waals surface area (Å²) < 4.78 is 5.80. The number of anilines is 1. The molecular weight excluding hydrogens is 398 g/mol. The highest BCUT2D eigenvalue weighted by atomic mass is 32.1. The fourth-order valence-corrected chi connectivity index (χ4v) is 3.85. The van der Waals surface area contributed by atoms with Crippen LogP contribution in [0.2, 0.25) is 0 Å². The maximum atomic E-state index is 12.5. The Morgan fingerprint density at radius 3 is 2.43 bits per heavy atom. The molecule has 4 rings (SSSR count). The number of nitrogens with zero attached hydrogens (tertiary/aromatic N) is 4. The van der Waals surface area contributed by atoms with Crippen LogP contribution in [0.4, 0.5) is 5.13 Å². The maximum absolute atomic E-state index is 12.5. The van der Waals surface area contributed by atoms with Gasteiger partial charge in [-0.05, 0) is 49.2 Å². The van der Waals surface area contributed by atoms with Crippen LogP contribution in [-0.2, 0) is 6.42 Å². The van der Waals surface area contributed by atoms with E-state index in [4.69, 9.17) is 4.42 Å². The molecule has 0 fully saturated rings. The third-order valence-electron chi connectivity index (χ3n) is 4.35. The first-order chi connectivity index (χ1) is 14.5. The summed E-state index contributed by atoms with van der Waals surface area (Å²) in [5.41, 5.74) is 3.25. The van der Waals surface area contributed by atoms with Crippen molar-refractivity contribution in [3.05, 3.63) is 64.7 Å². The molecule has 0 saturated heterocycles. The summed E-state index contributed by atoms with van der Waals surface area (Å²) in [7, 11) is 0. The van der Waals surface area contributed by atoms with E-state index in [2.05, 4.69) is 39.6 Å². The van der Waals surface area contributed by atoms with Gasteiger partial charge in [0.25, 0.3) is 5.91 Å². The van der Waals surface area contributed by atoms with Gasteiger partial charge in [-0.15, -0.1) is 20.4 Å². The van der Waals surface area contributed by atoms with Crippen LogP contribution in [0.1, 0.15) is 34.8 Å². The second-order valence-corrected chi connectivity index (χ2v) is 8.47. The van der Waals surface area contributed by atoms with Crippen LogP contribution in [-0.4, -0.2) is 26.3 Å². The standard InChI is InChI=1S/C22H21N5O2S/c1-13(2)11-18-24-27-22(30-18)23-19(28)15-7-9-16(10-8-15)20-25-26-21(29-20)17-6-4-5-14(3)12-17/h4-10,12-13H,11H2,1-3H3,(H,23,27,28). The van der Waals surface area contributed by atoms with Crippen LogP contribution in [0.25, 0.3) is 22.9 Å². The lowest BCUT2D eigenvalue weighted by atomic mass is 10.1. The zero-order chi connectivity index (χ0) is 21.1. The molecule has 0 unspecified atom stereocenters. The number of amides is 1. The summed E-state index contributed by atoms with van der Waals surface area (Å²) in [6, 6.07) is 14.9. The van der Waals surface area contributed by atoms with E-state index in [0.29, 0.717) is 28.4 Å². The van der Waals surface area contributed by atoms with Gasteiger partial charge in [0, 0.05) is 23.1 Å². The first-order valence-electron chi connectivity index (χ1n) is 9.62. The predicted octanol–water partition coefficient (Wildman–Crippen LogP) is 5.01. The molecule has 2 aromatic heterocycles. The Bertz CT molecular complexity index is 1160. The molecule has 0 aliphatic rings. The summed E-state index contributed by atoms with van der Waals surface area (Å²) in [5.74, 6) is 1.12. The van der Waals surface area contributed by atoms with Gasteiger partial charge in [-0.1, -0.05) is 42.9 Å². The molecule has 0 aliphatic heterocycles. The largest absolute Gasteiger partial charge is 0.416 e. The number of aryl methyl sites for hydroxylation is 1. The number of aromatic nitrogens is 4. The number of rotatable bonds is 6. The van der Waals surface area contributed by atoms with E-state index in [1.54, 1.807) is 24.3 Å². The number of benzene rings is 2. The molecule has 0 bridgehead atoms. The van der Waals surface area contributed by atoms with Crippen molar-refractivity contribution in [2.75, 3.05) is 5.32 Å². The molecule has 152 valence electrons. The topological polar surface area (TPSA) is 93.8 Å². The van der Waals surface area contributed by atoms with Crippen molar-refractivity contribution >= 4 is 22.4 Å². The van der Waals surface area contributed by atoms with E-state index in [1.807, 2.05) is 31.2 Å². The first-order valence-corrected chi connectivity index (χ1v) is 10.4. The fraction of sp³-hybridized carbons (Fsp3) is 0.227. The molecule has 8 heteroatoms. The predicted molar refractivity (Wildman–Crippen MR) is 116 cm³/mol. The van der Waals surface area contributed by atoms with E-state index in [0.717, 1.165) is 28.1 Å². The van der Waals surface area contributed by atoms with Crippen LogP contribution in [0, 0.1) is 12.8 Å². The second kappa shape index (κ2) is 8.54.